The Labute approximate surface area is 124 Å². The molecule has 0 saturated heterocycles. The lowest BCUT2D eigenvalue weighted by molar-refractivity contribution is 0.0442. The first-order chi connectivity index (χ1) is 9.67. The molecule has 0 aliphatic heterocycles. The van der Waals surface area contributed by atoms with E-state index in [-0.39, 0.29) is 0 Å². The normalized spacial score (nSPS) is 14.3. The lowest BCUT2D eigenvalue weighted by Crippen LogP contribution is -2.19. The van der Waals surface area contributed by atoms with Crippen LogP contribution in [0.2, 0.25) is 0 Å². The third-order valence-electron chi connectivity index (χ3n) is 4.16. The van der Waals surface area contributed by atoms with Gasteiger partial charge in [-0.15, -0.1) is 0 Å². The Kier molecular flexibility index (Phi) is 8.68. The molecule has 2 nitrogen and oxygen atoms in total. The van der Waals surface area contributed by atoms with Crippen molar-refractivity contribution in [1.82, 2.24) is 0 Å². The van der Waals surface area contributed by atoms with Crippen LogP contribution in [-0.4, -0.2) is 5.11 Å². The summed E-state index contributed by atoms with van der Waals surface area (Å²) in [7, 11) is 0. The molecule has 0 bridgehead atoms. The first kappa shape index (κ1) is 17.3. The Morgan fingerprint density at radius 3 is 2.00 bits per heavy atom. The van der Waals surface area contributed by atoms with Crippen LogP contribution >= 0.6 is 0 Å². The number of aliphatic hydroxyl groups is 1. The zero-order valence-electron chi connectivity index (χ0n) is 13.4. The summed E-state index contributed by atoms with van der Waals surface area (Å²) in [6.07, 6.45) is 17.4. The average molecular weight is 280 g/mol. The van der Waals surface area contributed by atoms with Crippen LogP contribution in [0.1, 0.15) is 90.0 Å². The second-order valence-electron chi connectivity index (χ2n) is 6.22. The van der Waals surface area contributed by atoms with Crippen LogP contribution in [0.5, 0.6) is 0 Å². The quantitative estimate of drug-likeness (QED) is 0.491. The first-order valence-electron chi connectivity index (χ1n) is 8.42. The van der Waals surface area contributed by atoms with E-state index in [1.165, 1.54) is 57.8 Å². The zero-order valence-corrected chi connectivity index (χ0v) is 13.4. The third-order valence-corrected chi connectivity index (χ3v) is 4.16. The maximum Gasteiger partial charge on any atom is 0.0963 e. The van der Waals surface area contributed by atoms with E-state index in [1.807, 2.05) is 13.0 Å². The molecule has 1 aromatic rings. The van der Waals surface area contributed by atoms with Crippen LogP contribution in [-0.2, 0) is 5.60 Å². The second kappa shape index (κ2) is 10.0. The minimum absolute atomic E-state index is 0.729. The molecule has 1 heterocycles. The number of unbranched alkanes of at least 4 members (excludes halogenated alkanes) is 9. The highest BCUT2D eigenvalue weighted by molar-refractivity contribution is 5.14. The van der Waals surface area contributed by atoms with Crippen molar-refractivity contribution in [3.8, 4) is 0 Å². The van der Waals surface area contributed by atoms with Gasteiger partial charge in [0.2, 0.25) is 0 Å². The van der Waals surface area contributed by atoms with Gasteiger partial charge in [0.25, 0.3) is 0 Å². The maximum atomic E-state index is 10.3. The third kappa shape index (κ3) is 7.14. The first-order valence-corrected chi connectivity index (χ1v) is 8.42. The molecular formula is C18H32O2. The fourth-order valence-corrected chi connectivity index (χ4v) is 2.67. The van der Waals surface area contributed by atoms with Crippen LogP contribution in [0.15, 0.2) is 23.0 Å². The molecule has 0 fully saturated rings. The van der Waals surface area contributed by atoms with E-state index < -0.39 is 5.60 Å². The number of rotatable bonds is 12. The largest absolute Gasteiger partial charge is 0.472 e. The smallest absolute Gasteiger partial charge is 0.0963 e. The van der Waals surface area contributed by atoms with E-state index in [2.05, 4.69) is 6.92 Å². The topological polar surface area (TPSA) is 33.4 Å². The lowest BCUT2D eigenvalue weighted by atomic mass is 9.92. The van der Waals surface area contributed by atoms with Gasteiger partial charge in [-0.3, -0.25) is 0 Å². The SMILES string of the molecule is CCCCCCCCCCCCC(C)(O)c1ccoc1. The van der Waals surface area contributed by atoms with Gasteiger partial charge < -0.3 is 9.52 Å². The Morgan fingerprint density at radius 1 is 0.950 bits per heavy atom. The molecule has 1 aromatic heterocycles. The summed E-state index contributed by atoms with van der Waals surface area (Å²) < 4.78 is 5.04. The molecule has 0 amide bonds. The zero-order chi connectivity index (χ0) is 14.7. The van der Waals surface area contributed by atoms with Gasteiger partial charge in [0.1, 0.15) is 0 Å². The fourth-order valence-electron chi connectivity index (χ4n) is 2.67. The minimum atomic E-state index is -0.729. The van der Waals surface area contributed by atoms with Crippen LogP contribution in [0.3, 0.4) is 0 Å². The molecule has 0 aromatic carbocycles. The Morgan fingerprint density at radius 2 is 1.50 bits per heavy atom. The van der Waals surface area contributed by atoms with Gasteiger partial charge in [-0.05, 0) is 19.4 Å². The molecule has 0 aliphatic carbocycles. The summed E-state index contributed by atoms with van der Waals surface area (Å²) in [6.45, 7) is 4.14. The summed E-state index contributed by atoms with van der Waals surface area (Å²) in [5, 5.41) is 10.3. The molecule has 0 spiro atoms. The average Bonchev–Trinajstić information content (AvgIpc) is 2.96. The molecule has 116 valence electrons. The molecular weight excluding hydrogens is 248 g/mol. The molecule has 20 heavy (non-hydrogen) atoms. The molecule has 1 unspecified atom stereocenters. The van der Waals surface area contributed by atoms with Gasteiger partial charge in [0.05, 0.1) is 18.1 Å². The van der Waals surface area contributed by atoms with Crippen LogP contribution in [0, 0.1) is 0 Å². The van der Waals surface area contributed by atoms with E-state index in [0.29, 0.717) is 0 Å². The molecule has 2 heteroatoms. The maximum absolute atomic E-state index is 10.3. The molecule has 0 saturated carbocycles. The summed E-state index contributed by atoms with van der Waals surface area (Å²) in [5.74, 6) is 0. The predicted octanol–water partition coefficient (Wildman–Crippen LogP) is 5.80. The van der Waals surface area contributed by atoms with Crippen molar-refractivity contribution < 1.29 is 9.52 Å². The summed E-state index contributed by atoms with van der Waals surface area (Å²) in [4.78, 5) is 0. The standard InChI is InChI=1S/C18H32O2/c1-3-4-5-6-7-8-9-10-11-12-14-18(2,19)17-13-15-20-16-17/h13,15-16,19H,3-12,14H2,1-2H3. The Hall–Kier alpha value is -0.760. The van der Waals surface area contributed by atoms with E-state index in [9.17, 15) is 5.11 Å². The van der Waals surface area contributed by atoms with Crippen molar-refractivity contribution >= 4 is 0 Å². The van der Waals surface area contributed by atoms with Crippen LogP contribution < -0.4 is 0 Å². The van der Waals surface area contributed by atoms with E-state index >= 15 is 0 Å². The van der Waals surface area contributed by atoms with Gasteiger partial charge in [0.15, 0.2) is 0 Å². The number of hydrogen-bond donors (Lipinski definition) is 1. The van der Waals surface area contributed by atoms with Crippen LogP contribution in [0.4, 0.5) is 0 Å². The minimum Gasteiger partial charge on any atom is -0.472 e. The highest BCUT2D eigenvalue weighted by Gasteiger charge is 2.23. The van der Waals surface area contributed by atoms with Gasteiger partial charge in [0, 0.05) is 5.56 Å². The summed E-state index contributed by atoms with van der Waals surface area (Å²) >= 11 is 0. The molecule has 0 aliphatic rings. The number of hydrogen-bond acceptors (Lipinski definition) is 2. The molecule has 1 atom stereocenters. The van der Waals surface area contributed by atoms with Gasteiger partial charge in [-0.25, -0.2) is 0 Å². The van der Waals surface area contributed by atoms with Crippen molar-refractivity contribution in [3.05, 3.63) is 24.2 Å². The Bertz CT molecular complexity index is 314. The van der Waals surface area contributed by atoms with Crippen LogP contribution in [0.25, 0.3) is 0 Å². The van der Waals surface area contributed by atoms with Crippen molar-refractivity contribution in [2.24, 2.45) is 0 Å². The predicted molar refractivity (Wildman–Crippen MR) is 84.7 cm³/mol. The van der Waals surface area contributed by atoms with Crippen molar-refractivity contribution in [2.75, 3.05) is 0 Å². The van der Waals surface area contributed by atoms with Gasteiger partial charge >= 0.3 is 0 Å². The fraction of sp³-hybridized carbons (Fsp3) is 0.778. The van der Waals surface area contributed by atoms with E-state index in [0.717, 1.165) is 18.4 Å². The highest BCUT2D eigenvalue weighted by atomic mass is 16.3. The monoisotopic (exact) mass is 280 g/mol. The second-order valence-corrected chi connectivity index (χ2v) is 6.22. The summed E-state index contributed by atoms with van der Waals surface area (Å²) in [5.41, 5.74) is 0.168. The highest BCUT2D eigenvalue weighted by Crippen LogP contribution is 2.27. The van der Waals surface area contributed by atoms with Crippen molar-refractivity contribution in [2.45, 2.75) is 90.1 Å². The van der Waals surface area contributed by atoms with E-state index in [4.69, 9.17) is 4.42 Å². The van der Waals surface area contributed by atoms with Gasteiger partial charge in [-0.1, -0.05) is 71.1 Å². The van der Waals surface area contributed by atoms with Crippen molar-refractivity contribution in [1.29, 1.82) is 0 Å². The van der Waals surface area contributed by atoms with E-state index in [1.54, 1.807) is 12.5 Å². The molecule has 1 N–H and O–H groups in total. The molecule has 0 radical (unpaired) electrons. The molecule has 1 rings (SSSR count). The van der Waals surface area contributed by atoms with Gasteiger partial charge in [-0.2, -0.15) is 0 Å². The number of furan rings is 1. The van der Waals surface area contributed by atoms with Crippen molar-refractivity contribution in [3.63, 3.8) is 0 Å². The Balaban J connectivity index is 1.94. The summed E-state index contributed by atoms with van der Waals surface area (Å²) in [6, 6.07) is 1.86. The lowest BCUT2D eigenvalue weighted by Gasteiger charge is -2.21.